The molecule has 1 spiro atoms. The maximum absolute atomic E-state index is 12.3. The normalized spacial score (nSPS) is 21.1. The van der Waals surface area contributed by atoms with Crippen LogP contribution in [0.2, 0.25) is 0 Å². The third-order valence-electron chi connectivity index (χ3n) is 5.01. The summed E-state index contributed by atoms with van der Waals surface area (Å²) in [6.45, 7) is 2.66. The second-order valence-corrected chi connectivity index (χ2v) is 6.59. The molecule has 8 heteroatoms. The number of nitrogens with zero attached hydrogens (tertiary/aromatic N) is 3. The Labute approximate surface area is 150 Å². The van der Waals surface area contributed by atoms with Crippen LogP contribution in [0, 0.1) is 11.3 Å². The predicted octanol–water partition coefficient (Wildman–Crippen LogP) is 1.34. The van der Waals surface area contributed by atoms with Crippen molar-refractivity contribution in [1.29, 1.82) is 0 Å². The van der Waals surface area contributed by atoms with Crippen molar-refractivity contribution in [2.75, 3.05) is 32.1 Å². The summed E-state index contributed by atoms with van der Waals surface area (Å²) in [7, 11) is 5.92. The third kappa shape index (κ3) is 3.92. The van der Waals surface area contributed by atoms with Gasteiger partial charge in [0.2, 0.25) is 11.9 Å². The van der Waals surface area contributed by atoms with Crippen molar-refractivity contribution in [3.63, 3.8) is 0 Å². The summed E-state index contributed by atoms with van der Waals surface area (Å²) in [5.41, 5.74) is 1.34. The summed E-state index contributed by atoms with van der Waals surface area (Å²) < 4.78 is 2.02. The van der Waals surface area contributed by atoms with Gasteiger partial charge >= 0.3 is 0 Å². The summed E-state index contributed by atoms with van der Waals surface area (Å²) in [5.74, 6) is 1.34. The van der Waals surface area contributed by atoms with Crippen LogP contribution in [0.4, 0.5) is 5.95 Å². The summed E-state index contributed by atoms with van der Waals surface area (Å²) in [5, 5.41) is 6.46. The fourth-order valence-electron chi connectivity index (χ4n) is 3.51. The minimum atomic E-state index is 0. The van der Waals surface area contributed by atoms with Crippen LogP contribution in [0.1, 0.15) is 25.0 Å². The van der Waals surface area contributed by atoms with Gasteiger partial charge in [-0.05, 0) is 37.8 Å². The third-order valence-corrected chi connectivity index (χ3v) is 5.01. The van der Waals surface area contributed by atoms with Crippen LogP contribution in [0.25, 0.3) is 0 Å². The van der Waals surface area contributed by atoms with Crippen molar-refractivity contribution < 1.29 is 4.79 Å². The van der Waals surface area contributed by atoms with Gasteiger partial charge < -0.3 is 20.1 Å². The standard InChI is InChI=1S/C15H25N5O.2ClH/c1-19(2)14-18-10-11(20(14)3)9-17-13(21)12-8-15(12)4-6-16-7-5-15;;/h10,12,16H,4-9H2,1-3H3,(H,17,21);2*1H. The largest absolute Gasteiger partial charge is 0.350 e. The van der Waals surface area contributed by atoms with E-state index in [1.807, 2.05) is 36.8 Å². The van der Waals surface area contributed by atoms with E-state index >= 15 is 0 Å². The molecule has 2 fully saturated rings. The van der Waals surface area contributed by atoms with Gasteiger partial charge in [-0.15, -0.1) is 24.8 Å². The Bertz CT molecular complexity index is 540. The summed E-state index contributed by atoms with van der Waals surface area (Å²) in [6.07, 6.45) is 5.18. The average molecular weight is 364 g/mol. The number of hydrogen-bond donors (Lipinski definition) is 2. The number of halogens is 2. The van der Waals surface area contributed by atoms with E-state index < -0.39 is 0 Å². The minimum Gasteiger partial charge on any atom is -0.350 e. The first kappa shape index (κ1) is 20.1. The first-order valence-corrected chi connectivity index (χ1v) is 7.70. The maximum atomic E-state index is 12.3. The number of piperidine rings is 1. The van der Waals surface area contributed by atoms with Gasteiger partial charge in [-0.25, -0.2) is 4.98 Å². The lowest BCUT2D eigenvalue weighted by Crippen LogP contribution is -2.33. The number of nitrogens with one attached hydrogen (secondary N) is 2. The molecule has 3 rings (SSSR count). The van der Waals surface area contributed by atoms with E-state index in [4.69, 9.17) is 0 Å². The van der Waals surface area contributed by atoms with Gasteiger partial charge in [0, 0.05) is 27.1 Å². The molecule has 132 valence electrons. The van der Waals surface area contributed by atoms with E-state index in [2.05, 4.69) is 15.6 Å². The summed E-state index contributed by atoms with van der Waals surface area (Å²) in [4.78, 5) is 18.7. The highest BCUT2D eigenvalue weighted by Crippen LogP contribution is 2.58. The number of hydrogen-bond acceptors (Lipinski definition) is 4. The van der Waals surface area contributed by atoms with Gasteiger partial charge in [-0.1, -0.05) is 0 Å². The molecule has 0 radical (unpaired) electrons. The van der Waals surface area contributed by atoms with Gasteiger partial charge in [-0.2, -0.15) is 0 Å². The van der Waals surface area contributed by atoms with Crippen LogP contribution >= 0.6 is 24.8 Å². The van der Waals surface area contributed by atoms with Crippen molar-refractivity contribution in [3.8, 4) is 0 Å². The molecule has 1 unspecified atom stereocenters. The number of aromatic nitrogens is 2. The van der Waals surface area contributed by atoms with Gasteiger partial charge in [-0.3, -0.25) is 4.79 Å². The lowest BCUT2D eigenvalue weighted by Gasteiger charge is -2.23. The van der Waals surface area contributed by atoms with Crippen LogP contribution in [-0.2, 0) is 18.4 Å². The zero-order valence-electron chi connectivity index (χ0n) is 14.0. The lowest BCUT2D eigenvalue weighted by molar-refractivity contribution is -0.123. The first-order valence-electron chi connectivity index (χ1n) is 7.70. The Balaban J connectivity index is 0.00000132. The Kier molecular flexibility index (Phi) is 6.74. The summed E-state index contributed by atoms with van der Waals surface area (Å²) in [6, 6.07) is 0. The zero-order valence-corrected chi connectivity index (χ0v) is 15.6. The second kappa shape index (κ2) is 7.73. The monoisotopic (exact) mass is 363 g/mol. The fraction of sp³-hybridized carbons (Fsp3) is 0.733. The highest BCUT2D eigenvalue weighted by molar-refractivity contribution is 5.85. The molecule has 1 aromatic rings. The van der Waals surface area contributed by atoms with Crippen molar-refractivity contribution >= 4 is 36.7 Å². The molecule has 1 aliphatic carbocycles. The van der Waals surface area contributed by atoms with Gasteiger partial charge in [0.05, 0.1) is 18.4 Å². The molecule has 1 saturated carbocycles. The smallest absolute Gasteiger partial charge is 0.224 e. The quantitative estimate of drug-likeness (QED) is 0.847. The molecule has 0 aromatic carbocycles. The number of amides is 1. The van der Waals surface area contributed by atoms with Crippen molar-refractivity contribution in [1.82, 2.24) is 20.2 Å². The van der Waals surface area contributed by atoms with Gasteiger partial charge in [0.1, 0.15) is 0 Å². The van der Waals surface area contributed by atoms with E-state index in [0.29, 0.717) is 12.0 Å². The molecule has 23 heavy (non-hydrogen) atoms. The molecule has 2 heterocycles. The molecule has 2 aliphatic rings. The molecule has 1 aromatic heterocycles. The molecule has 0 bridgehead atoms. The molecular formula is C15H27Cl2N5O. The number of imidazole rings is 1. The van der Waals surface area contributed by atoms with E-state index in [1.165, 1.54) is 0 Å². The SMILES string of the molecule is CN(C)c1ncc(CNC(=O)C2CC23CCNCC3)n1C.Cl.Cl. The maximum Gasteiger partial charge on any atom is 0.224 e. The van der Waals surface area contributed by atoms with Gasteiger partial charge in [0.15, 0.2) is 0 Å². The molecular weight excluding hydrogens is 337 g/mol. The van der Waals surface area contributed by atoms with E-state index in [-0.39, 0.29) is 36.6 Å². The zero-order chi connectivity index (χ0) is 15.0. The van der Waals surface area contributed by atoms with Crippen LogP contribution < -0.4 is 15.5 Å². The van der Waals surface area contributed by atoms with Crippen molar-refractivity contribution in [3.05, 3.63) is 11.9 Å². The topological polar surface area (TPSA) is 62.2 Å². The average Bonchev–Trinajstić information content (AvgIpc) is 3.01. The number of carbonyl (C=O) groups is 1. The Morgan fingerprint density at radius 3 is 2.65 bits per heavy atom. The predicted molar refractivity (Wildman–Crippen MR) is 96.5 cm³/mol. The second-order valence-electron chi connectivity index (χ2n) is 6.59. The van der Waals surface area contributed by atoms with Crippen molar-refractivity contribution in [2.45, 2.75) is 25.8 Å². The minimum absolute atomic E-state index is 0. The molecule has 1 atom stereocenters. The van der Waals surface area contributed by atoms with E-state index in [0.717, 1.165) is 44.0 Å². The first-order chi connectivity index (χ1) is 10.0. The van der Waals surface area contributed by atoms with Crippen LogP contribution in [-0.4, -0.2) is 42.6 Å². The molecule has 1 saturated heterocycles. The van der Waals surface area contributed by atoms with Crippen molar-refractivity contribution in [2.24, 2.45) is 18.4 Å². The number of carbonyl (C=O) groups excluding carboxylic acids is 1. The molecule has 1 aliphatic heterocycles. The summed E-state index contributed by atoms with van der Waals surface area (Å²) >= 11 is 0. The number of rotatable bonds is 4. The van der Waals surface area contributed by atoms with Crippen LogP contribution in [0.5, 0.6) is 0 Å². The van der Waals surface area contributed by atoms with Crippen LogP contribution in [0.3, 0.4) is 0 Å². The Hall–Kier alpha value is -0.980. The highest BCUT2D eigenvalue weighted by atomic mass is 35.5. The van der Waals surface area contributed by atoms with Gasteiger partial charge in [0.25, 0.3) is 0 Å². The Morgan fingerprint density at radius 2 is 2.09 bits per heavy atom. The Morgan fingerprint density at radius 1 is 1.43 bits per heavy atom. The number of anilines is 1. The lowest BCUT2D eigenvalue weighted by atomic mass is 9.92. The molecule has 2 N–H and O–H groups in total. The van der Waals surface area contributed by atoms with E-state index in [1.54, 1.807) is 0 Å². The molecule has 6 nitrogen and oxygen atoms in total. The highest BCUT2D eigenvalue weighted by Gasteiger charge is 2.57. The van der Waals surface area contributed by atoms with E-state index in [9.17, 15) is 4.79 Å². The molecule has 1 amide bonds. The fourth-order valence-corrected chi connectivity index (χ4v) is 3.51. The van der Waals surface area contributed by atoms with Crippen LogP contribution in [0.15, 0.2) is 6.20 Å².